The van der Waals surface area contributed by atoms with Crippen LogP contribution in [-0.4, -0.2) is 29.1 Å². The van der Waals surface area contributed by atoms with Crippen LogP contribution in [0, 0.1) is 5.92 Å². The van der Waals surface area contributed by atoms with E-state index in [-0.39, 0.29) is 25.7 Å². The zero-order valence-electron chi connectivity index (χ0n) is 8.78. The first-order chi connectivity index (χ1) is 7.50. The summed E-state index contributed by atoms with van der Waals surface area (Å²) in [7, 11) is 0. The van der Waals surface area contributed by atoms with Gasteiger partial charge in [0, 0.05) is 12.0 Å². The van der Waals surface area contributed by atoms with Crippen LogP contribution in [0.25, 0.3) is 0 Å². The molecule has 1 aliphatic carbocycles. The van der Waals surface area contributed by atoms with E-state index < -0.39 is 29.9 Å². The molecule has 1 rings (SSSR count). The van der Waals surface area contributed by atoms with Gasteiger partial charge in [0.15, 0.2) is 0 Å². The van der Waals surface area contributed by atoms with Gasteiger partial charge in [-0.15, -0.1) is 0 Å². The molecule has 17 heavy (non-hydrogen) atoms. The molecule has 2 nitrogen and oxygen atoms in total. The van der Waals surface area contributed by atoms with E-state index in [2.05, 4.69) is 0 Å². The highest BCUT2D eigenvalue weighted by atomic mass is 19.4. The largest absolute Gasteiger partial charge is 0.426 e. The fourth-order valence-electron chi connectivity index (χ4n) is 2.16. The van der Waals surface area contributed by atoms with E-state index in [1.165, 1.54) is 0 Å². The van der Waals surface area contributed by atoms with Crippen molar-refractivity contribution in [3.05, 3.63) is 0 Å². The summed E-state index contributed by atoms with van der Waals surface area (Å²) in [5, 5.41) is 9.10. The van der Waals surface area contributed by atoms with E-state index >= 15 is 0 Å². The van der Waals surface area contributed by atoms with Crippen LogP contribution < -0.4 is 5.73 Å². The summed E-state index contributed by atoms with van der Waals surface area (Å²) < 4.78 is 74.9. The molecule has 0 radical (unpaired) electrons. The van der Waals surface area contributed by atoms with Crippen LogP contribution in [0.3, 0.4) is 0 Å². The molecule has 0 bridgehead atoms. The van der Waals surface area contributed by atoms with Gasteiger partial charge in [-0.2, -0.15) is 26.3 Å². The van der Waals surface area contributed by atoms with Crippen molar-refractivity contribution in [3.63, 3.8) is 0 Å². The van der Waals surface area contributed by atoms with Crippen molar-refractivity contribution >= 4 is 0 Å². The number of aliphatic hydroxyl groups is 1. The normalized spacial score (nSPS) is 28.2. The Morgan fingerprint density at radius 2 is 1.18 bits per heavy atom. The zero-order valence-corrected chi connectivity index (χ0v) is 8.78. The van der Waals surface area contributed by atoms with Gasteiger partial charge in [-0.25, -0.2) is 0 Å². The smallest absolute Gasteiger partial charge is 0.373 e. The Morgan fingerprint density at radius 1 is 0.824 bits per heavy atom. The van der Waals surface area contributed by atoms with E-state index in [9.17, 15) is 26.3 Å². The fourth-order valence-corrected chi connectivity index (χ4v) is 2.16. The van der Waals surface area contributed by atoms with Gasteiger partial charge in [0.05, 0.1) is 0 Å². The first kappa shape index (κ1) is 14.6. The van der Waals surface area contributed by atoms with Crippen molar-refractivity contribution in [1.29, 1.82) is 0 Å². The summed E-state index contributed by atoms with van der Waals surface area (Å²) in [6.07, 6.45) is -12.1. The SMILES string of the molecule is NC1CCC(C(O)(C(F)(F)F)C(F)(F)F)CC1. The van der Waals surface area contributed by atoms with E-state index in [0.717, 1.165) is 0 Å². The molecule has 0 aliphatic heterocycles. The predicted molar refractivity (Wildman–Crippen MR) is 47.0 cm³/mol. The maximum Gasteiger partial charge on any atom is 0.426 e. The van der Waals surface area contributed by atoms with Crippen LogP contribution in [0.2, 0.25) is 0 Å². The molecule has 0 amide bonds. The van der Waals surface area contributed by atoms with Crippen LogP contribution in [-0.2, 0) is 0 Å². The lowest BCUT2D eigenvalue weighted by atomic mass is 9.74. The standard InChI is InChI=1S/C9H13F6NO/c10-8(11,12)7(17,9(13,14)15)5-1-3-6(16)4-2-5/h5-6,17H,1-4,16H2. The van der Waals surface area contributed by atoms with Gasteiger partial charge in [0.2, 0.25) is 0 Å². The molecule has 1 aliphatic rings. The van der Waals surface area contributed by atoms with Crippen LogP contribution in [0.4, 0.5) is 26.3 Å². The lowest BCUT2D eigenvalue weighted by molar-refractivity contribution is -0.387. The molecule has 0 aromatic carbocycles. The molecule has 8 heteroatoms. The number of rotatable bonds is 1. The molecule has 0 aromatic heterocycles. The Morgan fingerprint density at radius 3 is 1.47 bits per heavy atom. The highest BCUT2D eigenvalue weighted by Crippen LogP contribution is 2.51. The molecule has 102 valence electrons. The number of hydrogen-bond acceptors (Lipinski definition) is 2. The molecular weight excluding hydrogens is 252 g/mol. The maximum absolute atomic E-state index is 12.5. The first-order valence-corrected chi connectivity index (χ1v) is 5.11. The summed E-state index contributed by atoms with van der Waals surface area (Å²) in [6, 6.07) is -0.392. The zero-order chi connectivity index (χ0) is 13.5. The third-order valence-corrected chi connectivity index (χ3v) is 3.23. The monoisotopic (exact) mass is 265 g/mol. The second-order valence-electron chi connectivity index (χ2n) is 4.37. The number of nitrogens with two attached hydrogens (primary N) is 1. The summed E-state index contributed by atoms with van der Waals surface area (Å²) in [6.45, 7) is 0. The van der Waals surface area contributed by atoms with Crippen LogP contribution in [0.1, 0.15) is 25.7 Å². The Kier molecular flexibility index (Phi) is 3.69. The summed E-state index contributed by atoms with van der Waals surface area (Å²) in [5.74, 6) is -1.87. The van der Waals surface area contributed by atoms with Crippen molar-refractivity contribution in [1.82, 2.24) is 0 Å². The van der Waals surface area contributed by atoms with Crippen LogP contribution in [0.5, 0.6) is 0 Å². The second kappa shape index (κ2) is 4.31. The molecule has 0 heterocycles. The number of hydrogen-bond donors (Lipinski definition) is 2. The molecule has 0 unspecified atom stereocenters. The van der Waals surface area contributed by atoms with Crippen molar-refractivity contribution in [2.75, 3.05) is 0 Å². The third-order valence-electron chi connectivity index (χ3n) is 3.23. The Hall–Kier alpha value is -0.500. The van der Waals surface area contributed by atoms with Crippen molar-refractivity contribution < 1.29 is 31.4 Å². The topological polar surface area (TPSA) is 46.2 Å². The van der Waals surface area contributed by atoms with Crippen molar-refractivity contribution in [2.24, 2.45) is 11.7 Å². The predicted octanol–water partition coefficient (Wildman–Crippen LogP) is 2.36. The van der Waals surface area contributed by atoms with Crippen molar-refractivity contribution in [2.45, 2.75) is 49.7 Å². The van der Waals surface area contributed by atoms with Gasteiger partial charge < -0.3 is 10.8 Å². The third kappa shape index (κ3) is 2.52. The van der Waals surface area contributed by atoms with E-state index in [4.69, 9.17) is 10.8 Å². The van der Waals surface area contributed by atoms with E-state index in [1.807, 2.05) is 0 Å². The molecule has 0 saturated heterocycles. The average Bonchev–Trinajstić information content (AvgIpc) is 2.14. The molecule has 1 fully saturated rings. The molecule has 0 atom stereocenters. The molecule has 0 spiro atoms. The van der Waals surface area contributed by atoms with Gasteiger partial charge in [-0.3, -0.25) is 0 Å². The first-order valence-electron chi connectivity index (χ1n) is 5.11. The highest BCUT2D eigenvalue weighted by Gasteiger charge is 2.73. The average molecular weight is 265 g/mol. The molecular formula is C9H13F6NO. The van der Waals surface area contributed by atoms with Gasteiger partial charge >= 0.3 is 12.4 Å². The van der Waals surface area contributed by atoms with Gasteiger partial charge in [-0.05, 0) is 25.7 Å². The lowest BCUT2D eigenvalue weighted by Gasteiger charge is -2.41. The lowest BCUT2D eigenvalue weighted by Crippen LogP contribution is -2.62. The summed E-state index contributed by atoms with van der Waals surface area (Å²) >= 11 is 0. The Balaban J connectivity index is 3.00. The van der Waals surface area contributed by atoms with Gasteiger partial charge in [0.1, 0.15) is 0 Å². The van der Waals surface area contributed by atoms with Gasteiger partial charge in [0.25, 0.3) is 5.60 Å². The van der Waals surface area contributed by atoms with Crippen LogP contribution in [0.15, 0.2) is 0 Å². The van der Waals surface area contributed by atoms with E-state index in [1.54, 1.807) is 0 Å². The number of halogens is 6. The minimum atomic E-state index is -5.72. The Bertz CT molecular complexity index is 252. The quantitative estimate of drug-likeness (QED) is 0.715. The fraction of sp³-hybridized carbons (Fsp3) is 1.00. The Labute approximate surface area is 93.8 Å². The second-order valence-corrected chi connectivity index (χ2v) is 4.37. The molecule has 1 saturated carbocycles. The highest BCUT2D eigenvalue weighted by molar-refractivity contribution is 5.00. The molecule has 3 N–H and O–H groups in total. The summed E-state index contributed by atoms with van der Waals surface area (Å²) in [4.78, 5) is 0. The maximum atomic E-state index is 12.5. The van der Waals surface area contributed by atoms with Crippen LogP contribution >= 0.6 is 0 Å². The van der Waals surface area contributed by atoms with Gasteiger partial charge in [-0.1, -0.05) is 0 Å². The van der Waals surface area contributed by atoms with E-state index in [0.29, 0.717) is 0 Å². The molecule has 0 aromatic rings. The van der Waals surface area contributed by atoms with Crippen molar-refractivity contribution in [3.8, 4) is 0 Å². The summed E-state index contributed by atoms with van der Waals surface area (Å²) in [5.41, 5.74) is 0.789. The number of alkyl halides is 6. The minimum absolute atomic E-state index is 0.0547. The minimum Gasteiger partial charge on any atom is -0.373 e.